The van der Waals surface area contributed by atoms with Gasteiger partial charge in [0.1, 0.15) is 11.4 Å². The average Bonchev–Trinajstić information content (AvgIpc) is 2.49. The molecule has 2 heterocycles. The van der Waals surface area contributed by atoms with E-state index in [1.165, 1.54) is 11.1 Å². The summed E-state index contributed by atoms with van der Waals surface area (Å²) in [5, 5.41) is 3.38. The van der Waals surface area contributed by atoms with Crippen molar-refractivity contribution in [1.82, 2.24) is 10.3 Å². The predicted molar refractivity (Wildman–Crippen MR) is 80.8 cm³/mol. The first-order valence-electron chi connectivity index (χ1n) is 7.15. The van der Waals surface area contributed by atoms with Crippen molar-refractivity contribution in [2.45, 2.75) is 25.4 Å². The zero-order chi connectivity index (χ0) is 13.8. The van der Waals surface area contributed by atoms with Crippen LogP contribution >= 0.6 is 0 Å². The molecule has 0 bridgehead atoms. The van der Waals surface area contributed by atoms with Gasteiger partial charge in [-0.25, -0.2) is 0 Å². The first-order chi connectivity index (χ1) is 9.75. The maximum Gasteiger partial charge on any atom is 0.120 e. The number of rotatable bonds is 3. The molecule has 0 aliphatic carbocycles. The topological polar surface area (TPSA) is 34.1 Å². The number of nitrogens with one attached hydrogen (secondary N) is 1. The van der Waals surface area contributed by atoms with Crippen LogP contribution in [0.4, 0.5) is 0 Å². The lowest BCUT2D eigenvalue weighted by molar-refractivity contribution is 0.0556. The van der Waals surface area contributed by atoms with Crippen LogP contribution in [0.3, 0.4) is 0 Å². The average molecular weight is 268 g/mol. The van der Waals surface area contributed by atoms with Crippen LogP contribution in [0.5, 0.6) is 5.75 Å². The van der Waals surface area contributed by atoms with Gasteiger partial charge in [-0.3, -0.25) is 4.98 Å². The van der Waals surface area contributed by atoms with Crippen LogP contribution in [0.25, 0.3) is 11.1 Å². The molecular weight excluding hydrogens is 248 g/mol. The maximum absolute atomic E-state index is 6.25. The molecule has 1 aromatic carbocycles. The molecule has 0 atom stereocenters. The summed E-state index contributed by atoms with van der Waals surface area (Å²) < 4.78 is 6.25. The Kier molecular flexibility index (Phi) is 3.70. The Morgan fingerprint density at radius 3 is 2.55 bits per heavy atom. The zero-order valence-corrected chi connectivity index (χ0v) is 11.8. The van der Waals surface area contributed by atoms with Crippen LogP contribution in [-0.2, 0) is 0 Å². The normalized spacial score (nSPS) is 17.6. The fraction of sp³-hybridized carbons (Fsp3) is 0.353. The summed E-state index contributed by atoms with van der Waals surface area (Å²) in [5.41, 5.74) is 2.28. The van der Waals surface area contributed by atoms with Crippen LogP contribution in [0, 0.1) is 0 Å². The van der Waals surface area contributed by atoms with Crippen molar-refractivity contribution in [2.75, 3.05) is 13.1 Å². The van der Waals surface area contributed by atoms with Crippen LogP contribution in [0.1, 0.15) is 19.8 Å². The highest BCUT2D eigenvalue weighted by atomic mass is 16.5. The Balaban J connectivity index is 1.81. The first-order valence-corrected chi connectivity index (χ1v) is 7.15. The Labute approximate surface area is 120 Å². The van der Waals surface area contributed by atoms with Gasteiger partial charge in [0.25, 0.3) is 0 Å². The van der Waals surface area contributed by atoms with Gasteiger partial charge >= 0.3 is 0 Å². The molecule has 1 N–H and O–H groups in total. The van der Waals surface area contributed by atoms with E-state index in [2.05, 4.69) is 35.4 Å². The minimum absolute atomic E-state index is 0.0535. The molecule has 0 radical (unpaired) electrons. The lowest BCUT2D eigenvalue weighted by Crippen LogP contribution is -2.43. The van der Waals surface area contributed by atoms with Gasteiger partial charge in [0.2, 0.25) is 0 Å². The number of nitrogens with zero attached hydrogens (tertiary/aromatic N) is 1. The van der Waals surface area contributed by atoms with E-state index in [1.54, 1.807) is 0 Å². The predicted octanol–water partition coefficient (Wildman–Crippen LogP) is 3.27. The maximum atomic E-state index is 6.25. The third kappa shape index (κ3) is 2.99. The van der Waals surface area contributed by atoms with E-state index in [0.717, 1.165) is 31.7 Å². The van der Waals surface area contributed by atoms with Crippen molar-refractivity contribution in [3.63, 3.8) is 0 Å². The molecular formula is C17H20N2O. The second-order valence-corrected chi connectivity index (χ2v) is 5.57. The van der Waals surface area contributed by atoms with Crippen molar-refractivity contribution >= 4 is 0 Å². The molecule has 1 aromatic heterocycles. The molecule has 1 saturated heterocycles. The molecule has 104 valence electrons. The van der Waals surface area contributed by atoms with E-state index < -0.39 is 0 Å². The molecule has 0 amide bonds. The summed E-state index contributed by atoms with van der Waals surface area (Å²) >= 11 is 0. The number of benzene rings is 1. The van der Waals surface area contributed by atoms with E-state index in [9.17, 15) is 0 Å². The van der Waals surface area contributed by atoms with Crippen LogP contribution in [0.2, 0.25) is 0 Å². The zero-order valence-electron chi connectivity index (χ0n) is 11.8. The van der Waals surface area contributed by atoms with Crippen molar-refractivity contribution in [1.29, 1.82) is 0 Å². The van der Waals surface area contributed by atoms with Crippen molar-refractivity contribution in [3.05, 3.63) is 48.8 Å². The smallest absolute Gasteiger partial charge is 0.120 e. The highest BCUT2D eigenvalue weighted by Gasteiger charge is 2.28. The molecule has 2 aromatic rings. The molecule has 3 nitrogen and oxygen atoms in total. The van der Waals surface area contributed by atoms with Gasteiger partial charge in [0.05, 0.1) is 0 Å². The summed E-state index contributed by atoms with van der Waals surface area (Å²) in [6.45, 7) is 4.26. The summed E-state index contributed by atoms with van der Waals surface area (Å²) in [4.78, 5) is 4.06. The van der Waals surface area contributed by atoms with Gasteiger partial charge in [-0.05, 0) is 68.2 Å². The minimum Gasteiger partial charge on any atom is -0.487 e. The molecule has 1 aliphatic rings. The van der Waals surface area contributed by atoms with Gasteiger partial charge in [-0.2, -0.15) is 0 Å². The fourth-order valence-corrected chi connectivity index (χ4v) is 2.63. The molecule has 0 spiro atoms. The van der Waals surface area contributed by atoms with E-state index in [-0.39, 0.29) is 5.60 Å². The molecule has 20 heavy (non-hydrogen) atoms. The third-order valence-corrected chi connectivity index (χ3v) is 3.87. The first kappa shape index (κ1) is 13.1. The van der Waals surface area contributed by atoms with Crippen molar-refractivity contribution in [2.24, 2.45) is 0 Å². The van der Waals surface area contributed by atoms with E-state index in [1.807, 2.05) is 30.6 Å². The monoisotopic (exact) mass is 268 g/mol. The lowest BCUT2D eigenvalue weighted by atomic mass is 9.94. The summed E-state index contributed by atoms with van der Waals surface area (Å²) in [6.07, 6.45) is 5.73. The van der Waals surface area contributed by atoms with Gasteiger partial charge in [-0.15, -0.1) is 0 Å². The second kappa shape index (κ2) is 5.63. The molecule has 0 unspecified atom stereocenters. The van der Waals surface area contributed by atoms with Crippen molar-refractivity contribution in [3.8, 4) is 16.9 Å². The van der Waals surface area contributed by atoms with E-state index in [0.29, 0.717) is 0 Å². The lowest BCUT2D eigenvalue weighted by Gasteiger charge is -2.34. The highest BCUT2D eigenvalue weighted by molar-refractivity contribution is 5.64. The van der Waals surface area contributed by atoms with Gasteiger partial charge < -0.3 is 10.1 Å². The van der Waals surface area contributed by atoms with Gasteiger partial charge in [-0.1, -0.05) is 12.1 Å². The standard InChI is InChI=1S/C17H20N2O/c1-17(7-11-19-12-8-17)20-16-4-2-3-15(13-16)14-5-9-18-10-6-14/h2-6,9-10,13,19H,7-8,11-12H2,1H3. The van der Waals surface area contributed by atoms with Crippen LogP contribution < -0.4 is 10.1 Å². The van der Waals surface area contributed by atoms with Gasteiger partial charge in [0, 0.05) is 12.4 Å². The second-order valence-electron chi connectivity index (χ2n) is 5.57. The number of hydrogen-bond acceptors (Lipinski definition) is 3. The Morgan fingerprint density at radius 2 is 1.80 bits per heavy atom. The number of aromatic nitrogens is 1. The highest BCUT2D eigenvalue weighted by Crippen LogP contribution is 2.29. The third-order valence-electron chi connectivity index (χ3n) is 3.87. The molecule has 3 heteroatoms. The van der Waals surface area contributed by atoms with Crippen LogP contribution in [-0.4, -0.2) is 23.7 Å². The largest absolute Gasteiger partial charge is 0.487 e. The summed E-state index contributed by atoms with van der Waals surface area (Å²) in [6, 6.07) is 12.3. The Morgan fingerprint density at radius 1 is 1.05 bits per heavy atom. The molecule has 1 fully saturated rings. The number of pyridine rings is 1. The number of piperidine rings is 1. The van der Waals surface area contributed by atoms with Gasteiger partial charge in [0.15, 0.2) is 0 Å². The molecule has 1 aliphatic heterocycles. The minimum atomic E-state index is -0.0535. The molecule has 3 rings (SSSR count). The molecule has 0 saturated carbocycles. The number of ether oxygens (including phenoxy) is 1. The van der Waals surface area contributed by atoms with E-state index in [4.69, 9.17) is 4.74 Å². The SMILES string of the molecule is CC1(Oc2cccc(-c3ccncc3)c2)CCNCC1. The Bertz CT molecular complexity index is 562. The quantitative estimate of drug-likeness (QED) is 0.927. The number of hydrogen-bond donors (Lipinski definition) is 1. The Hall–Kier alpha value is -1.87. The summed E-state index contributed by atoms with van der Waals surface area (Å²) in [7, 11) is 0. The summed E-state index contributed by atoms with van der Waals surface area (Å²) in [5.74, 6) is 0.948. The van der Waals surface area contributed by atoms with E-state index >= 15 is 0 Å². The van der Waals surface area contributed by atoms with Crippen LogP contribution in [0.15, 0.2) is 48.8 Å². The fourth-order valence-electron chi connectivity index (χ4n) is 2.63. The van der Waals surface area contributed by atoms with Crippen molar-refractivity contribution < 1.29 is 4.74 Å².